The summed E-state index contributed by atoms with van der Waals surface area (Å²) in [4.78, 5) is 22.2. The molecule has 7 nitrogen and oxygen atoms in total. The van der Waals surface area contributed by atoms with Crippen molar-refractivity contribution >= 4 is 28.3 Å². The van der Waals surface area contributed by atoms with Gasteiger partial charge in [0.2, 0.25) is 0 Å². The van der Waals surface area contributed by atoms with Crippen LogP contribution in [0, 0.1) is 6.92 Å². The average molecular weight is 393 g/mol. The molecule has 2 aromatic heterocycles. The van der Waals surface area contributed by atoms with Crippen molar-refractivity contribution in [1.82, 2.24) is 19.7 Å². The van der Waals surface area contributed by atoms with Gasteiger partial charge in [-0.15, -0.1) is 0 Å². The highest BCUT2D eigenvalue weighted by Crippen LogP contribution is 2.22. The lowest BCUT2D eigenvalue weighted by atomic mass is 10.1. The summed E-state index contributed by atoms with van der Waals surface area (Å²) >= 11 is 0. The third kappa shape index (κ3) is 3.96. The van der Waals surface area contributed by atoms with Gasteiger partial charge in [-0.05, 0) is 58.2 Å². The molecule has 4 rings (SSSR count). The molecule has 1 amide bonds. The molecule has 7 heteroatoms. The standard InChI is InChI=1S/C22H28N6O/c1-15(2)28-21-17(14-23-28)13-20(16(3)24-21)22(29)25-18-5-7-19(8-6-18)27-11-9-26(4)10-12-27/h5-8,13-15H,9-12H2,1-4H3,(H,25,29). The van der Waals surface area contributed by atoms with Gasteiger partial charge in [0.1, 0.15) is 0 Å². The van der Waals surface area contributed by atoms with Crippen molar-refractivity contribution in [2.24, 2.45) is 0 Å². The molecule has 0 aliphatic carbocycles. The van der Waals surface area contributed by atoms with Crippen LogP contribution in [-0.4, -0.2) is 58.8 Å². The van der Waals surface area contributed by atoms with Crippen LogP contribution in [-0.2, 0) is 0 Å². The first-order valence-corrected chi connectivity index (χ1v) is 10.1. The van der Waals surface area contributed by atoms with E-state index in [0.717, 1.165) is 42.9 Å². The van der Waals surface area contributed by atoms with E-state index in [0.29, 0.717) is 11.3 Å². The highest BCUT2D eigenvalue weighted by atomic mass is 16.1. The summed E-state index contributed by atoms with van der Waals surface area (Å²) in [6, 6.07) is 10.2. The third-order valence-corrected chi connectivity index (χ3v) is 5.49. The third-order valence-electron chi connectivity index (χ3n) is 5.49. The van der Waals surface area contributed by atoms with Crippen molar-refractivity contribution in [3.63, 3.8) is 0 Å². The Labute approximate surface area is 171 Å². The first-order valence-electron chi connectivity index (χ1n) is 10.1. The van der Waals surface area contributed by atoms with E-state index in [1.165, 1.54) is 5.69 Å². The van der Waals surface area contributed by atoms with Crippen molar-refractivity contribution in [3.8, 4) is 0 Å². The van der Waals surface area contributed by atoms with Crippen LogP contribution in [0.15, 0.2) is 36.5 Å². The molecule has 0 bridgehead atoms. The average Bonchev–Trinajstić information content (AvgIpc) is 3.11. The van der Waals surface area contributed by atoms with E-state index in [1.807, 2.05) is 29.8 Å². The molecule has 3 heterocycles. The van der Waals surface area contributed by atoms with Gasteiger partial charge in [-0.25, -0.2) is 9.67 Å². The van der Waals surface area contributed by atoms with Crippen LogP contribution in [0.2, 0.25) is 0 Å². The van der Waals surface area contributed by atoms with Gasteiger partial charge in [0.15, 0.2) is 5.65 Å². The Morgan fingerprint density at radius 3 is 2.45 bits per heavy atom. The molecule has 1 saturated heterocycles. The van der Waals surface area contributed by atoms with Crippen molar-refractivity contribution < 1.29 is 4.79 Å². The number of pyridine rings is 1. The Balaban J connectivity index is 1.50. The van der Waals surface area contributed by atoms with E-state index in [4.69, 9.17) is 0 Å². The van der Waals surface area contributed by atoms with Gasteiger partial charge < -0.3 is 15.1 Å². The molecule has 1 aliphatic rings. The SMILES string of the molecule is Cc1nc2c(cnn2C(C)C)cc1C(=O)Nc1ccc(N2CCN(C)CC2)cc1. The lowest BCUT2D eigenvalue weighted by Crippen LogP contribution is -2.44. The fraction of sp³-hybridized carbons (Fsp3) is 0.409. The number of benzene rings is 1. The Morgan fingerprint density at radius 1 is 1.10 bits per heavy atom. The molecule has 1 fully saturated rings. The first kappa shape index (κ1) is 19.4. The number of nitrogens with zero attached hydrogens (tertiary/aromatic N) is 5. The number of hydrogen-bond acceptors (Lipinski definition) is 5. The molecule has 1 aromatic carbocycles. The molecule has 0 unspecified atom stereocenters. The molecule has 1 N–H and O–H groups in total. The number of nitrogens with one attached hydrogen (secondary N) is 1. The van der Waals surface area contributed by atoms with Gasteiger partial charge >= 0.3 is 0 Å². The van der Waals surface area contributed by atoms with Crippen molar-refractivity contribution in [1.29, 1.82) is 0 Å². The number of amides is 1. The Morgan fingerprint density at radius 2 is 1.79 bits per heavy atom. The second-order valence-electron chi connectivity index (χ2n) is 8.01. The molecule has 152 valence electrons. The molecule has 0 radical (unpaired) electrons. The van der Waals surface area contributed by atoms with Crippen molar-refractivity contribution in [2.45, 2.75) is 26.8 Å². The number of anilines is 2. The van der Waals surface area contributed by atoms with Crippen molar-refractivity contribution in [3.05, 3.63) is 47.8 Å². The van der Waals surface area contributed by atoms with Crippen LogP contribution >= 0.6 is 0 Å². The summed E-state index contributed by atoms with van der Waals surface area (Å²) in [6.45, 7) is 10.2. The summed E-state index contributed by atoms with van der Waals surface area (Å²) in [6.07, 6.45) is 1.77. The lowest BCUT2D eigenvalue weighted by Gasteiger charge is -2.34. The first-order chi connectivity index (χ1) is 13.9. The van der Waals surface area contributed by atoms with E-state index in [2.05, 4.69) is 58.2 Å². The highest BCUT2D eigenvalue weighted by molar-refractivity contribution is 6.06. The predicted molar refractivity (Wildman–Crippen MR) is 117 cm³/mol. The summed E-state index contributed by atoms with van der Waals surface area (Å²) in [5, 5.41) is 8.27. The number of rotatable bonds is 4. The number of likely N-dealkylation sites (N-methyl/N-ethyl adjacent to an activating group) is 1. The fourth-order valence-corrected chi connectivity index (χ4v) is 3.69. The zero-order valence-electron chi connectivity index (χ0n) is 17.5. The molecular formula is C22H28N6O. The van der Waals surface area contributed by atoms with E-state index in [9.17, 15) is 4.79 Å². The van der Waals surface area contributed by atoms with Crippen LogP contribution in [0.5, 0.6) is 0 Å². The molecule has 3 aromatic rings. The number of fused-ring (bicyclic) bond motifs is 1. The number of carbonyl (C=O) groups excluding carboxylic acids is 1. The van der Waals surface area contributed by atoms with Gasteiger partial charge in [0.25, 0.3) is 5.91 Å². The lowest BCUT2D eigenvalue weighted by molar-refractivity contribution is 0.102. The minimum absolute atomic E-state index is 0.151. The number of aryl methyl sites for hydroxylation is 1. The van der Waals surface area contributed by atoms with E-state index in [-0.39, 0.29) is 11.9 Å². The Hall–Kier alpha value is -2.93. The minimum atomic E-state index is -0.151. The van der Waals surface area contributed by atoms with Gasteiger partial charge in [-0.3, -0.25) is 4.79 Å². The zero-order chi connectivity index (χ0) is 20.5. The summed E-state index contributed by atoms with van der Waals surface area (Å²) in [5.74, 6) is -0.151. The monoisotopic (exact) mass is 392 g/mol. The normalized spacial score (nSPS) is 15.3. The number of piperazine rings is 1. The quantitative estimate of drug-likeness (QED) is 0.738. The summed E-state index contributed by atoms with van der Waals surface area (Å²) in [5.41, 5.74) is 4.06. The smallest absolute Gasteiger partial charge is 0.257 e. The largest absolute Gasteiger partial charge is 0.369 e. The number of hydrogen-bond donors (Lipinski definition) is 1. The van der Waals surface area contributed by atoms with Crippen molar-refractivity contribution in [2.75, 3.05) is 43.4 Å². The Kier molecular flexibility index (Phi) is 5.24. The van der Waals surface area contributed by atoms with Crippen LogP contribution in [0.25, 0.3) is 11.0 Å². The van der Waals surface area contributed by atoms with E-state index in [1.54, 1.807) is 6.20 Å². The van der Waals surface area contributed by atoms with Gasteiger partial charge in [0.05, 0.1) is 17.5 Å². The molecule has 1 aliphatic heterocycles. The summed E-state index contributed by atoms with van der Waals surface area (Å²) in [7, 11) is 2.15. The van der Waals surface area contributed by atoms with Crippen LogP contribution in [0.4, 0.5) is 11.4 Å². The second kappa shape index (κ2) is 7.83. The maximum absolute atomic E-state index is 12.8. The van der Waals surface area contributed by atoms with Crippen LogP contribution in [0.1, 0.15) is 35.9 Å². The van der Waals surface area contributed by atoms with E-state index < -0.39 is 0 Å². The van der Waals surface area contributed by atoms with Crippen LogP contribution < -0.4 is 10.2 Å². The number of carbonyl (C=O) groups is 1. The van der Waals surface area contributed by atoms with E-state index >= 15 is 0 Å². The molecule has 0 spiro atoms. The van der Waals surface area contributed by atoms with Gasteiger partial charge in [0, 0.05) is 49.0 Å². The van der Waals surface area contributed by atoms with Gasteiger partial charge in [-0.2, -0.15) is 5.10 Å². The zero-order valence-corrected chi connectivity index (χ0v) is 17.5. The second-order valence-corrected chi connectivity index (χ2v) is 8.01. The topological polar surface area (TPSA) is 66.3 Å². The highest BCUT2D eigenvalue weighted by Gasteiger charge is 2.17. The molecule has 0 atom stereocenters. The Bertz CT molecular complexity index is 1020. The minimum Gasteiger partial charge on any atom is -0.369 e. The summed E-state index contributed by atoms with van der Waals surface area (Å²) < 4.78 is 1.88. The maximum atomic E-state index is 12.8. The predicted octanol–water partition coefficient (Wildman–Crippen LogP) is 3.32. The molecule has 0 saturated carbocycles. The molecule has 29 heavy (non-hydrogen) atoms. The van der Waals surface area contributed by atoms with Gasteiger partial charge in [-0.1, -0.05) is 0 Å². The fourth-order valence-electron chi connectivity index (χ4n) is 3.69. The number of aromatic nitrogens is 3. The maximum Gasteiger partial charge on any atom is 0.257 e. The molecular weight excluding hydrogens is 364 g/mol. The van der Waals surface area contributed by atoms with Crippen LogP contribution in [0.3, 0.4) is 0 Å².